The summed E-state index contributed by atoms with van der Waals surface area (Å²) >= 11 is 0. The van der Waals surface area contributed by atoms with Crippen molar-refractivity contribution >= 4 is 16.9 Å². The number of benzene rings is 1. The molecule has 0 fully saturated rings. The zero-order chi connectivity index (χ0) is 11.7. The molecule has 0 radical (unpaired) electrons. The highest BCUT2D eigenvalue weighted by molar-refractivity contribution is 5.84. The van der Waals surface area contributed by atoms with Crippen molar-refractivity contribution in [1.29, 1.82) is 0 Å². The number of carboxylic acid groups (broad SMARTS) is 1. The lowest BCUT2D eigenvalue weighted by Gasteiger charge is -2.07. The van der Waals surface area contributed by atoms with E-state index in [2.05, 4.69) is 4.98 Å². The number of H-pyrrole nitrogens is 1. The average Bonchev–Trinajstić information content (AvgIpc) is 2.61. The maximum atomic E-state index is 13.6. The zero-order valence-corrected chi connectivity index (χ0v) is 8.40. The Morgan fingerprint density at radius 3 is 3.00 bits per heavy atom. The molecule has 0 spiro atoms. The SMILES string of the molecule is N[C@H](CC(=O)O)c1c[nH]c2cccc(F)c12. The van der Waals surface area contributed by atoms with Gasteiger partial charge in [-0.1, -0.05) is 6.07 Å². The van der Waals surface area contributed by atoms with Crippen molar-refractivity contribution in [2.75, 3.05) is 0 Å². The summed E-state index contributed by atoms with van der Waals surface area (Å²) in [4.78, 5) is 13.4. The fourth-order valence-electron chi connectivity index (χ4n) is 1.76. The molecule has 2 aromatic rings. The summed E-state index contributed by atoms with van der Waals surface area (Å²) in [5, 5.41) is 9.01. The fraction of sp³-hybridized carbons (Fsp3) is 0.182. The van der Waals surface area contributed by atoms with Crippen LogP contribution in [0.5, 0.6) is 0 Å². The fourth-order valence-corrected chi connectivity index (χ4v) is 1.76. The largest absolute Gasteiger partial charge is 0.481 e. The van der Waals surface area contributed by atoms with Crippen LogP contribution in [0.2, 0.25) is 0 Å². The standard InChI is InChI=1S/C11H11FN2O2/c12-7-2-1-3-9-11(7)6(5-14-9)8(13)4-10(15)16/h1-3,5,8,14H,4,13H2,(H,15,16)/t8-/m1/s1. The minimum atomic E-state index is -1.00. The summed E-state index contributed by atoms with van der Waals surface area (Å²) < 4.78 is 13.6. The van der Waals surface area contributed by atoms with Crippen LogP contribution in [-0.4, -0.2) is 16.1 Å². The van der Waals surface area contributed by atoms with Crippen LogP contribution in [0.4, 0.5) is 4.39 Å². The number of fused-ring (bicyclic) bond motifs is 1. The number of aromatic nitrogens is 1. The molecule has 1 aromatic heterocycles. The molecular weight excluding hydrogens is 211 g/mol. The highest BCUT2D eigenvalue weighted by atomic mass is 19.1. The van der Waals surface area contributed by atoms with E-state index in [9.17, 15) is 9.18 Å². The minimum Gasteiger partial charge on any atom is -0.481 e. The number of carboxylic acids is 1. The lowest BCUT2D eigenvalue weighted by atomic mass is 10.0. The molecule has 84 valence electrons. The van der Waals surface area contributed by atoms with Crippen molar-refractivity contribution < 1.29 is 14.3 Å². The van der Waals surface area contributed by atoms with Crippen LogP contribution in [-0.2, 0) is 4.79 Å². The summed E-state index contributed by atoms with van der Waals surface area (Å²) in [5.41, 5.74) is 6.82. The predicted octanol–water partition coefficient (Wildman–Crippen LogP) is 1.78. The normalized spacial score (nSPS) is 12.9. The van der Waals surface area contributed by atoms with Gasteiger partial charge in [-0.3, -0.25) is 4.79 Å². The average molecular weight is 222 g/mol. The number of halogens is 1. The van der Waals surface area contributed by atoms with Gasteiger partial charge in [0.05, 0.1) is 6.42 Å². The van der Waals surface area contributed by atoms with Crippen molar-refractivity contribution in [3.05, 3.63) is 35.8 Å². The Morgan fingerprint density at radius 2 is 2.31 bits per heavy atom. The van der Waals surface area contributed by atoms with Gasteiger partial charge in [-0.2, -0.15) is 0 Å². The Balaban J connectivity index is 2.48. The second-order valence-corrected chi connectivity index (χ2v) is 3.61. The molecule has 0 aliphatic rings. The van der Waals surface area contributed by atoms with Crippen LogP contribution in [0.15, 0.2) is 24.4 Å². The maximum Gasteiger partial charge on any atom is 0.305 e. The van der Waals surface area contributed by atoms with E-state index >= 15 is 0 Å². The molecule has 1 heterocycles. The second-order valence-electron chi connectivity index (χ2n) is 3.61. The van der Waals surface area contributed by atoms with E-state index in [1.165, 1.54) is 6.07 Å². The van der Waals surface area contributed by atoms with E-state index in [1.54, 1.807) is 18.3 Å². The van der Waals surface area contributed by atoms with Crippen molar-refractivity contribution in [1.82, 2.24) is 4.98 Å². The van der Waals surface area contributed by atoms with Gasteiger partial charge in [-0.15, -0.1) is 0 Å². The van der Waals surface area contributed by atoms with Gasteiger partial charge in [0.2, 0.25) is 0 Å². The molecule has 1 aromatic carbocycles. The van der Waals surface area contributed by atoms with Crippen molar-refractivity contribution in [3.63, 3.8) is 0 Å². The first kappa shape index (κ1) is 10.6. The van der Waals surface area contributed by atoms with Crippen molar-refractivity contribution in [2.24, 2.45) is 5.73 Å². The Bertz CT molecular complexity index is 536. The van der Waals surface area contributed by atoms with Crippen LogP contribution in [0.3, 0.4) is 0 Å². The van der Waals surface area contributed by atoms with Gasteiger partial charge in [0.15, 0.2) is 0 Å². The lowest BCUT2D eigenvalue weighted by molar-refractivity contribution is -0.137. The predicted molar refractivity (Wildman–Crippen MR) is 57.4 cm³/mol. The third-order valence-electron chi connectivity index (χ3n) is 2.48. The zero-order valence-electron chi connectivity index (χ0n) is 8.40. The molecule has 4 N–H and O–H groups in total. The third-order valence-corrected chi connectivity index (χ3v) is 2.48. The molecule has 1 atom stereocenters. The number of nitrogens with one attached hydrogen (secondary N) is 1. The van der Waals surface area contributed by atoms with Crippen LogP contribution in [0, 0.1) is 5.82 Å². The number of hydrogen-bond acceptors (Lipinski definition) is 2. The van der Waals surface area contributed by atoms with E-state index in [0.29, 0.717) is 16.5 Å². The minimum absolute atomic E-state index is 0.221. The first-order valence-electron chi connectivity index (χ1n) is 4.82. The Labute approximate surface area is 90.9 Å². The van der Waals surface area contributed by atoms with E-state index in [-0.39, 0.29) is 6.42 Å². The Kier molecular flexibility index (Phi) is 2.62. The quantitative estimate of drug-likeness (QED) is 0.740. The maximum absolute atomic E-state index is 13.6. The molecule has 0 aliphatic carbocycles. The molecule has 0 amide bonds. The first-order valence-corrected chi connectivity index (χ1v) is 4.82. The van der Waals surface area contributed by atoms with E-state index in [0.717, 1.165) is 0 Å². The molecular formula is C11H11FN2O2. The number of aromatic amines is 1. The summed E-state index contributed by atoms with van der Waals surface area (Å²) in [6, 6.07) is 3.92. The van der Waals surface area contributed by atoms with Crippen LogP contribution in [0.1, 0.15) is 18.0 Å². The van der Waals surface area contributed by atoms with E-state index in [4.69, 9.17) is 10.8 Å². The summed E-state index contributed by atoms with van der Waals surface area (Å²) in [5.74, 6) is -1.40. The van der Waals surface area contributed by atoms with Gasteiger partial charge in [0.25, 0.3) is 0 Å². The molecule has 0 unspecified atom stereocenters. The highest BCUT2D eigenvalue weighted by Gasteiger charge is 2.16. The number of hydrogen-bond donors (Lipinski definition) is 3. The van der Waals surface area contributed by atoms with Crippen LogP contribution >= 0.6 is 0 Å². The van der Waals surface area contributed by atoms with Crippen molar-refractivity contribution in [3.8, 4) is 0 Å². The second kappa shape index (κ2) is 3.94. The molecule has 4 nitrogen and oxygen atoms in total. The van der Waals surface area contributed by atoms with Gasteiger partial charge in [0, 0.05) is 23.1 Å². The van der Waals surface area contributed by atoms with Crippen LogP contribution in [0.25, 0.3) is 10.9 Å². The summed E-state index contributed by atoms with van der Waals surface area (Å²) in [7, 11) is 0. The smallest absolute Gasteiger partial charge is 0.305 e. The number of rotatable bonds is 3. The van der Waals surface area contributed by atoms with Crippen molar-refractivity contribution in [2.45, 2.75) is 12.5 Å². The van der Waals surface area contributed by atoms with Gasteiger partial charge in [-0.25, -0.2) is 4.39 Å². The highest BCUT2D eigenvalue weighted by Crippen LogP contribution is 2.26. The van der Waals surface area contributed by atoms with Gasteiger partial charge in [-0.05, 0) is 17.7 Å². The summed E-state index contributed by atoms with van der Waals surface area (Å²) in [6.45, 7) is 0. The first-order chi connectivity index (χ1) is 7.59. The Morgan fingerprint density at radius 1 is 1.56 bits per heavy atom. The van der Waals surface area contributed by atoms with Crippen LogP contribution < -0.4 is 5.73 Å². The number of nitrogens with two attached hydrogens (primary N) is 1. The van der Waals surface area contributed by atoms with E-state index in [1.807, 2.05) is 0 Å². The Hall–Kier alpha value is -1.88. The molecule has 0 saturated heterocycles. The molecule has 0 aliphatic heterocycles. The van der Waals surface area contributed by atoms with Gasteiger partial charge in [0.1, 0.15) is 5.82 Å². The molecule has 16 heavy (non-hydrogen) atoms. The molecule has 2 rings (SSSR count). The molecule has 0 saturated carbocycles. The van der Waals surface area contributed by atoms with Gasteiger partial charge < -0.3 is 15.8 Å². The molecule has 5 heteroatoms. The molecule has 0 bridgehead atoms. The van der Waals surface area contributed by atoms with E-state index < -0.39 is 17.8 Å². The third kappa shape index (κ3) is 1.77. The summed E-state index contributed by atoms with van der Waals surface area (Å²) in [6.07, 6.45) is 1.34. The van der Waals surface area contributed by atoms with Gasteiger partial charge >= 0.3 is 5.97 Å². The number of aliphatic carboxylic acids is 1. The monoisotopic (exact) mass is 222 g/mol. The lowest BCUT2D eigenvalue weighted by Crippen LogP contribution is -2.14. The number of carbonyl (C=O) groups is 1. The topological polar surface area (TPSA) is 79.1 Å².